The molecule has 2 aliphatic heterocycles. The molecule has 0 aliphatic carbocycles. The maximum Gasteiger partial charge on any atom is 0.261 e. The van der Waals surface area contributed by atoms with Crippen molar-refractivity contribution < 1.29 is 32.6 Å². The van der Waals surface area contributed by atoms with Crippen LogP contribution < -0.4 is 10.1 Å². The van der Waals surface area contributed by atoms with Crippen molar-refractivity contribution in [1.82, 2.24) is 18.8 Å². The number of sulfonamides is 1. The van der Waals surface area contributed by atoms with Crippen molar-refractivity contribution in [3.8, 4) is 5.75 Å². The second-order valence-corrected chi connectivity index (χ2v) is 12.3. The maximum atomic E-state index is 13.6. The van der Waals surface area contributed by atoms with E-state index < -0.39 is 22.2 Å². The first kappa shape index (κ1) is 29.0. The molecule has 2 aliphatic rings. The van der Waals surface area contributed by atoms with Crippen LogP contribution in [0.5, 0.6) is 5.75 Å². The van der Waals surface area contributed by atoms with E-state index in [0.29, 0.717) is 31.7 Å². The Balaban J connectivity index is 1.69. The summed E-state index contributed by atoms with van der Waals surface area (Å²) in [5, 5.41) is 12.7. The molecule has 1 aromatic carbocycles. The van der Waals surface area contributed by atoms with Gasteiger partial charge in [0, 0.05) is 51.9 Å². The number of imidazole rings is 1. The minimum Gasteiger partial charge on any atom is -0.486 e. The Bertz CT molecular complexity index is 1290. The fraction of sp³-hybridized carbons (Fsp3) is 0.577. The number of carbonyl (C=O) groups excluding carboxylic acids is 2. The van der Waals surface area contributed by atoms with E-state index in [9.17, 15) is 23.1 Å². The first-order valence-electron chi connectivity index (χ1n) is 13.1. The molecule has 4 rings (SSSR count). The highest BCUT2D eigenvalue weighted by molar-refractivity contribution is 7.89. The number of fused-ring (bicyclic) bond motifs is 1. The van der Waals surface area contributed by atoms with Crippen LogP contribution in [0.4, 0.5) is 5.69 Å². The summed E-state index contributed by atoms with van der Waals surface area (Å²) in [5.41, 5.74) is 0.565. The summed E-state index contributed by atoms with van der Waals surface area (Å²) < 4.78 is 41.0. The van der Waals surface area contributed by atoms with Gasteiger partial charge in [-0.2, -0.15) is 4.31 Å². The van der Waals surface area contributed by atoms with Crippen LogP contribution in [0.25, 0.3) is 0 Å². The molecule has 1 aromatic heterocycles. The smallest absolute Gasteiger partial charge is 0.261 e. The number of carbonyl (C=O) groups is 2. The lowest BCUT2D eigenvalue weighted by Crippen LogP contribution is -2.50. The van der Waals surface area contributed by atoms with E-state index in [1.165, 1.54) is 23.9 Å². The van der Waals surface area contributed by atoms with Crippen LogP contribution in [0.3, 0.4) is 0 Å². The van der Waals surface area contributed by atoms with E-state index in [4.69, 9.17) is 9.47 Å². The normalized spacial score (nSPS) is 21.6. The molecule has 0 bridgehead atoms. The van der Waals surface area contributed by atoms with Gasteiger partial charge in [0.15, 0.2) is 10.8 Å². The largest absolute Gasteiger partial charge is 0.486 e. The topological polar surface area (TPSA) is 143 Å². The predicted molar refractivity (Wildman–Crippen MR) is 143 cm³/mol. The minimum atomic E-state index is -3.91. The molecule has 3 atom stereocenters. The third-order valence-corrected chi connectivity index (χ3v) is 9.04. The highest BCUT2D eigenvalue weighted by Gasteiger charge is 2.37. The summed E-state index contributed by atoms with van der Waals surface area (Å²) in [6.45, 7) is 4.58. The fourth-order valence-electron chi connectivity index (χ4n) is 4.79. The van der Waals surface area contributed by atoms with E-state index in [1.54, 1.807) is 41.6 Å². The number of aliphatic hydroxyl groups excluding tert-OH is 1. The Hall–Kier alpha value is -3.00. The van der Waals surface area contributed by atoms with Crippen molar-refractivity contribution in [3.63, 3.8) is 0 Å². The van der Waals surface area contributed by atoms with Gasteiger partial charge in [-0.3, -0.25) is 9.59 Å². The fourth-order valence-corrected chi connectivity index (χ4v) is 5.93. The summed E-state index contributed by atoms with van der Waals surface area (Å²) in [7, 11) is -0.765. The van der Waals surface area contributed by atoms with E-state index in [1.807, 2.05) is 6.92 Å². The van der Waals surface area contributed by atoms with Crippen LogP contribution >= 0.6 is 0 Å². The van der Waals surface area contributed by atoms with Crippen molar-refractivity contribution >= 4 is 27.5 Å². The molecule has 0 radical (unpaired) electrons. The molecule has 39 heavy (non-hydrogen) atoms. The van der Waals surface area contributed by atoms with Gasteiger partial charge >= 0.3 is 0 Å². The van der Waals surface area contributed by atoms with Gasteiger partial charge in [-0.1, -0.05) is 13.0 Å². The number of hydrogen-bond acceptors (Lipinski definition) is 8. The average molecular weight is 564 g/mol. The third kappa shape index (κ3) is 6.26. The number of amides is 2. The number of ether oxygens (including phenoxy) is 2. The molecular formula is C26H37N5O7S. The number of aliphatic hydroxyl groups is 1. The standard InChI is InChI=1S/C26H37N5O7S/c1-17-12-31(18(2)15-32)26(34)20-6-5-7-21(28-25(33)19-8-10-37-11-9-19)24(20)38-22(17)13-30(4)39(35,36)23-14-29(3)16-27-23/h5-7,14,16-19,22,32H,8-13,15H2,1-4H3,(H,28,33)/t17-,18-,22+/m1/s1. The Morgan fingerprint density at radius 2 is 2.03 bits per heavy atom. The second-order valence-electron chi connectivity index (χ2n) is 10.3. The SMILES string of the molecule is C[C@@H]1CN([C@H](C)CO)C(=O)c2cccc(NC(=O)C3CCOCC3)c2O[C@H]1CN(C)S(=O)(=O)c1cn(C)cn1. The Labute approximate surface area is 228 Å². The first-order chi connectivity index (χ1) is 18.5. The van der Waals surface area contributed by atoms with Crippen LogP contribution in [0.2, 0.25) is 0 Å². The zero-order chi connectivity index (χ0) is 28.3. The summed E-state index contributed by atoms with van der Waals surface area (Å²) in [4.78, 5) is 32.3. The molecule has 13 heteroatoms. The summed E-state index contributed by atoms with van der Waals surface area (Å²) in [6, 6.07) is 4.46. The van der Waals surface area contributed by atoms with Crippen LogP contribution in [0.15, 0.2) is 35.7 Å². The lowest BCUT2D eigenvalue weighted by atomic mass is 9.98. The van der Waals surface area contributed by atoms with Gasteiger partial charge in [-0.15, -0.1) is 0 Å². The quantitative estimate of drug-likeness (QED) is 0.490. The molecule has 12 nitrogen and oxygen atoms in total. The van der Waals surface area contributed by atoms with Crippen molar-refractivity contribution in [3.05, 3.63) is 36.3 Å². The number of anilines is 1. The molecule has 0 unspecified atom stereocenters. The third-order valence-electron chi connectivity index (χ3n) is 7.33. The molecular weight excluding hydrogens is 526 g/mol. The van der Waals surface area contributed by atoms with E-state index in [0.717, 1.165) is 0 Å². The minimum absolute atomic E-state index is 0.0305. The molecule has 2 aromatic rings. The molecule has 2 N–H and O–H groups in total. The maximum absolute atomic E-state index is 13.6. The summed E-state index contributed by atoms with van der Waals surface area (Å²) in [6.07, 6.45) is 3.35. The molecule has 214 valence electrons. The molecule has 1 fully saturated rings. The van der Waals surface area contributed by atoms with E-state index >= 15 is 0 Å². The average Bonchev–Trinajstić information content (AvgIpc) is 3.38. The monoisotopic (exact) mass is 563 g/mol. The summed E-state index contributed by atoms with van der Waals surface area (Å²) in [5.74, 6) is -0.901. The van der Waals surface area contributed by atoms with Gasteiger partial charge in [0.2, 0.25) is 5.91 Å². The molecule has 0 spiro atoms. The Morgan fingerprint density at radius 3 is 2.67 bits per heavy atom. The number of hydrogen-bond donors (Lipinski definition) is 2. The highest BCUT2D eigenvalue weighted by Crippen LogP contribution is 2.36. The van der Waals surface area contributed by atoms with Crippen LogP contribution in [0.1, 0.15) is 37.0 Å². The van der Waals surface area contributed by atoms with Gasteiger partial charge in [0.05, 0.1) is 36.8 Å². The Kier molecular flexibility index (Phi) is 8.94. The predicted octanol–water partition coefficient (Wildman–Crippen LogP) is 1.33. The molecule has 1 saturated heterocycles. The zero-order valence-electron chi connectivity index (χ0n) is 22.7. The summed E-state index contributed by atoms with van der Waals surface area (Å²) >= 11 is 0. The van der Waals surface area contributed by atoms with Gasteiger partial charge in [-0.25, -0.2) is 13.4 Å². The van der Waals surface area contributed by atoms with Crippen molar-refractivity contribution in [1.29, 1.82) is 0 Å². The van der Waals surface area contributed by atoms with E-state index in [-0.39, 0.29) is 59.7 Å². The van der Waals surface area contributed by atoms with Gasteiger partial charge < -0.3 is 29.4 Å². The van der Waals surface area contributed by atoms with Crippen LogP contribution in [-0.2, 0) is 26.6 Å². The number of benzene rings is 1. The van der Waals surface area contributed by atoms with Gasteiger partial charge in [0.25, 0.3) is 15.9 Å². The van der Waals surface area contributed by atoms with Gasteiger partial charge in [-0.05, 0) is 31.9 Å². The lowest BCUT2D eigenvalue weighted by molar-refractivity contribution is -0.122. The van der Waals surface area contributed by atoms with Crippen LogP contribution in [-0.4, -0.2) is 96.2 Å². The highest BCUT2D eigenvalue weighted by atomic mass is 32.2. The van der Waals surface area contributed by atoms with Crippen LogP contribution in [0, 0.1) is 11.8 Å². The lowest BCUT2D eigenvalue weighted by Gasteiger charge is -2.38. The number of nitrogens with zero attached hydrogens (tertiary/aromatic N) is 4. The van der Waals surface area contributed by atoms with E-state index in [2.05, 4.69) is 10.3 Å². The number of rotatable bonds is 8. The number of likely N-dealkylation sites (N-methyl/N-ethyl adjacent to an activating group) is 1. The number of nitrogens with one attached hydrogen (secondary N) is 1. The molecule has 3 heterocycles. The van der Waals surface area contributed by atoms with Crippen molar-refractivity contribution in [2.75, 3.05) is 45.3 Å². The Morgan fingerprint density at radius 1 is 1.31 bits per heavy atom. The first-order valence-corrected chi connectivity index (χ1v) is 14.5. The number of aryl methyl sites for hydroxylation is 1. The molecule has 2 amide bonds. The van der Waals surface area contributed by atoms with Crippen molar-refractivity contribution in [2.45, 2.75) is 43.9 Å². The van der Waals surface area contributed by atoms with Gasteiger partial charge in [0.1, 0.15) is 6.10 Å². The molecule has 0 saturated carbocycles. The number of aromatic nitrogens is 2. The van der Waals surface area contributed by atoms with Crippen molar-refractivity contribution in [2.24, 2.45) is 18.9 Å². The second kappa shape index (κ2) is 12.0. The number of para-hydroxylation sites is 1. The zero-order valence-corrected chi connectivity index (χ0v) is 23.6.